The summed E-state index contributed by atoms with van der Waals surface area (Å²) in [5.41, 5.74) is 0.944. The Bertz CT molecular complexity index is 619. The number of carbonyl (C=O) groups excluding carboxylic acids is 1. The molecule has 0 N–H and O–H groups in total. The molecule has 0 bridgehead atoms. The lowest BCUT2D eigenvalue weighted by atomic mass is 10.2. The van der Waals surface area contributed by atoms with Gasteiger partial charge in [-0.3, -0.25) is 14.2 Å². The van der Waals surface area contributed by atoms with Crippen LogP contribution < -0.4 is 0 Å². The van der Waals surface area contributed by atoms with E-state index in [1.54, 1.807) is 33.7 Å². The van der Waals surface area contributed by atoms with Crippen LogP contribution in [-0.2, 0) is 18.4 Å². The van der Waals surface area contributed by atoms with Crippen molar-refractivity contribution >= 4 is 33.4 Å². The highest BCUT2D eigenvalue weighted by atomic mass is 79.9. The number of nitrogens with zero attached hydrogens (tertiary/aromatic N) is 5. The smallest absolute Gasteiger partial charge is 0.247 e. The van der Waals surface area contributed by atoms with Gasteiger partial charge in [-0.2, -0.15) is 10.2 Å². The second-order valence-corrected chi connectivity index (χ2v) is 6.11. The maximum absolute atomic E-state index is 12.6. The summed E-state index contributed by atoms with van der Waals surface area (Å²) in [6.07, 6.45) is 5.57. The molecule has 1 atom stereocenters. The third-order valence-electron chi connectivity index (χ3n) is 3.33. The molecule has 8 heteroatoms. The Morgan fingerprint density at radius 1 is 1.48 bits per heavy atom. The number of carbonyl (C=O) groups is 1. The van der Waals surface area contributed by atoms with E-state index in [1.807, 2.05) is 14.0 Å². The Labute approximate surface area is 136 Å². The first kappa shape index (κ1) is 16.0. The first-order valence-electron chi connectivity index (χ1n) is 6.55. The number of aromatic nitrogens is 4. The molecule has 0 aliphatic carbocycles. The minimum atomic E-state index is -0.352. The molecule has 0 saturated heterocycles. The van der Waals surface area contributed by atoms with Crippen molar-refractivity contribution in [3.63, 3.8) is 0 Å². The molecule has 0 saturated carbocycles. The molecule has 2 aromatic heterocycles. The third-order valence-corrected chi connectivity index (χ3v) is 4.19. The number of halogens is 2. The van der Waals surface area contributed by atoms with Crippen LogP contribution in [0.5, 0.6) is 0 Å². The predicted octanol–water partition coefficient (Wildman–Crippen LogP) is 2.64. The van der Waals surface area contributed by atoms with Crippen LogP contribution in [0, 0.1) is 0 Å². The largest absolute Gasteiger partial charge is 0.338 e. The molecule has 0 fully saturated rings. The Balaban J connectivity index is 2.14. The lowest BCUT2D eigenvalue weighted by Crippen LogP contribution is -2.34. The van der Waals surface area contributed by atoms with Crippen molar-refractivity contribution in [1.29, 1.82) is 0 Å². The van der Waals surface area contributed by atoms with Gasteiger partial charge in [-0.05, 0) is 22.4 Å². The van der Waals surface area contributed by atoms with Crippen molar-refractivity contribution in [3.05, 3.63) is 33.8 Å². The summed E-state index contributed by atoms with van der Waals surface area (Å²) in [7, 11) is 3.62. The van der Waals surface area contributed by atoms with Crippen LogP contribution in [-0.4, -0.2) is 37.4 Å². The van der Waals surface area contributed by atoms with E-state index in [-0.39, 0.29) is 11.9 Å². The van der Waals surface area contributed by atoms with Crippen molar-refractivity contribution in [1.82, 2.24) is 24.5 Å². The van der Waals surface area contributed by atoms with E-state index in [9.17, 15) is 4.79 Å². The average Bonchev–Trinajstić information content (AvgIpc) is 3.00. The molecule has 2 heterocycles. The fourth-order valence-corrected chi connectivity index (χ4v) is 2.75. The fourth-order valence-electron chi connectivity index (χ4n) is 2.13. The van der Waals surface area contributed by atoms with Crippen molar-refractivity contribution in [2.24, 2.45) is 7.05 Å². The van der Waals surface area contributed by atoms with Crippen molar-refractivity contribution < 1.29 is 4.79 Å². The van der Waals surface area contributed by atoms with Gasteiger partial charge >= 0.3 is 0 Å². The zero-order valence-electron chi connectivity index (χ0n) is 12.1. The van der Waals surface area contributed by atoms with Gasteiger partial charge in [-0.15, -0.1) is 0 Å². The van der Waals surface area contributed by atoms with Crippen molar-refractivity contribution in [2.45, 2.75) is 25.9 Å². The molecule has 1 amide bonds. The van der Waals surface area contributed by atoms with Crippen LogP contribution in [0.4, 0.5) is 0 Å². The summed E-state index contributed by atoms with van der Waals surface area (Å²) in [4.78, 5) is 14.3. The second-order valence-electron chi connectivity index (χ2n) is 4.82. The summed E-state index contributed by atoms with van der Waals surface area (Å²) in [5, 5.41) is 8.81. The van der Waals surface area contributed by atoms with Gasteiger partial charge in [0, 0.05) is 20.3 Å². The number of likely N-dealkylation sites (N-methyl/N-ethyl adjacent to an activating group) is 1. The summed E-state index contributed by atoms with van der Waals surface area (Å²) in [6.45, 7) is 2.42. The second kappa shape index (κ2) is 6.62. The first-order valence-corrected chi connectivity index (χ1v) is 7.72. The van der Waals surface area contributed by atoms with E-state index in [0.29, 0.717) is 18.0 Å². The van der Waals surface area contributed by atoms with Crippen molar-refractivity contribution in [3.8, 4) is 0 Å². The molecular formula is C13H17BrClN5O. The molecule has 1 unspecified atom stereocenters. The highest BCUT2D eigenvalue weighted by Crippen LogP contribution is 2.20. The van der Waals surface area contributed by atoms with E-state index >= 15 is 0 Å². The Hall–Kier alpha value is -1.34. The molecule has 0 radical (unpaired) electrons. The van der Waals surface area contributed by atoms with E-state index in [0.717, 1.165) is 10.2 Å². The Morgan fingerprint density at radius 3 is 2.67 bits per heavy atom. The van der Waals surface area contributed by atoms with Crippen LogP contribution in [0.1, 0.15) is 25.1 Å². The zero-order chi connectivity index (χ0) is 15.6. The van der Waals surface area contributed by atoms with Gasteiger partial charge in [0.25, 0.3) is 0 Å². The van der Waals surface area contributed by atoms with Gasteiger partial charge in [0.2, 0.25) is 5.91 Å². The first-order chi connectivity index (χ1) is 9.93. The van der Waals surface area contributed by atoms with E-state index in [2.05, 4.69) is 26.1 Å². The molecule has 2 aromatic rings. The lowest BCUT2D eigenvalue weighted by Gasteiger charge is -2.23. The number of hydrogen-bond acceptors (Lipinski definition) is 3. The molecule has 0 aliphatic heterocycles. The number of hydrogen-bond donors (Lipinski definition) is 0. The topological polar surface area (TPSA) is 56.0 Å². The highest BCUT2D eigenvalue weighted by Gasteiger charge is 2.24. The van der Waals surface area contributed by atoms with Gasteiger partial charge < -0.3 is 4.90 Å². The van der Waals surface area contributed by atoms with Gasteiger partial charge in [0.05, 0.1) is 34.1 Å². The van der Waals surface area contributed by atoms with Crippen LogP contribution in [0.25, 0.3) is 0 Å². The van der Waals surface area contributed by atoms with E-state index in [4.69, 9.17) is 11.6 Å². The summed E-state index contributed by atoms with van der Waals surface area (Å²) in [6, 6.07) is -0.352. The number of rotatable bonds is 5. The maximum Gasteiger partial charge on any atom is 0.247 e. The maximum atomic E-state index is 12.6. The van der Waals surface area contributed by atoms with Crippen LogP contribution >= 0.6 is 27.5 Å². The van der Waals surface area contributed by atoms with Gasteiger partial charge in [0.1, 0.15) is 6.04 Å². The highest BCUT2D eigenvalue weighted by molar-refractivity contribution is 9.10. The summed E-state index contributed by atoms with van der Waals surface area (Å²) < 4.78 is 4.25. The zero-order valence-corrected chi connectivity index (χ0v) is 14.5. The van der Waals surface area contributed by atoms with Crippen molar-refractivity contribution in [2.75, 3.05) is 7.05 Å². The van der Waals surface area contributed by atoms with E-state index < -0.39 is 0 Å². The number of aryl methyl sites for hydroxylation is 1. The molecule has 2 rings (SSSR count). The molecule has 0 aromatic carbocycles. The van der Waals surface area contributed by atoms with Crippen LogP contribution in [0.2, 0.25) is 5.02 Å². The van der Waals surface area contributed by atoms with Crippen LogP contribution in [0.3, 0.4) is 0 Å². The average molecular weight is 375 g/mol. The standard InChI is InChI=1S/C13H17BrClN5O/c1-4-11(20-7-9(15)5-17-20)13(21)18(2)8-12-10(14)6-16-19(12)3/h5-7,11H,4,8H2,1-3H3. The molecule has 114 valence electrons. The summed E-state index contributed by atoms with van der Waals surface area (Å²) in [5.74, 6) is -0.00892. The molecule has 0 aliphatic rings. The minimum Gasteiger partial charge on any atom is -0.338 e. The van der Waals surface area contributed by atoms with Gasteiger partial charge in [-0.25, -0.2) is 0 Å². The third kappa shape index (κ3) is 3.47. The summed E-state index contributed by atoms with van der Waals surface area (Å²) >= 11 is 9.32. The molecule has 0 spiro atoms. The molecular weight excluding hydrogens is 358 g/mol. The van der Waals surface area contributed by atoms with Gasteiger partial charge in [0.15, 0.2) is 0 Å². The van der Waals surface area contributed by atoms with Crippen LogP contribution in [0.15, 0.2) is 23.1 Å². The number of amides is 1. The van der Waals surface area contributed by atoms with Gasteiger partial charge in [-0.1, -0.05) is 18.5 Å². The minimum absolute atomic E-state index is 0.00892. The molecule has 6 nitrogen and oxygen atoms in total. The lowest BCUT2D eigenvalue weighted by molar-refractivity contribution is -0.134. The van der Waals surface area contributed by atoms with E-state index in [1.165, 1.54) is 6.20 Å². The normalized spacial score (nSPS) is 12.4. The SMILES string of the molecule is CCC(C(=O)N(C)Cc1c(Br)cnn1C)n1cc(Cl)cn1. The Kier molecular flexibility index (Phi) is 5.05. The quantitative estimate of drug-likeness (QED) is 0.808. The monoisotopic (exact) mass is 373 g/mol. The fraction of sp³-hybridized carbons (Fsp3) is 0.462. The molecule has 21 heavy (non-hydrogen) atoms. The Morgan fingerprint density at radius 2 is 2.19 bits per heavy atom. The predicted molar refractivity (Wildman–Crippen MR) is 83.9 cm³/mol.